The molecule has 0 atom stereocenters. The van der Waals surface area contributed by atoms with Gasteiger partial charge in [-0.2, -0.15) is 5.10 Å². The van der Waals surface area contributed by atoms with Crippen molar-refractivity contribution in [3.05, 3.63) is 68.9 Å². The Kier molecular flexibility index (Phi) is 7.96. The molecule has 3 heterocycles. The van der Waals surface area contributed by atoms with Gasteiger partial charge in [0.05, 0.1) is 30.1 Å². The molecule has 0 unspecified atom stereocenters. The summed E-state index contributed by atoms with van der Waals surface area (Å²) in [5, 5.41) is 19.3. The first kappa shape index (κ1) is 27.2. The molecule has 0 aliphatic carbocycles. The number of aromatic carboxylic acids is 1. The molecule has 2 aromatic carbocycles. The highest BCUT2D eigenvalue weighted by Crippen LogP contribution is 2.40. The molecular weight excluding hydrogens is 521 g/mol. The number of carboxylic acids is 1. The summed E-state index contributed by atoms with van der Waals surface area (Å²) in [6.45, 7) is 7.52. The Bertz CT molecular complexity index is 1520. The zero-order chi connectivity index (χ0) is 27.7. The number of halogens is 2. The SMILES string of the molecule is CCc1n[nH]c2c1-c1c(F)ccc3c(CCCOc4cc(C)c(Cl)c(C)c4)c(C(=O)O)n(c13)CCCCOC2. The number of H-pyrrole nitrogens is 1. The zero-order valence-electron chi connectivity index (χ0n) is 22.5. The Morgan fingerprint density at radius 1 is 1.23 bits per heavy atom. The maximum atomic E-state index is 15.7. The summed E-state index contributed by atoms with van der Waals surface area (Å²) in [5.41, 5.74) is 5.88. The summed E-state index contributed by atoms with van der Waals surface area (Å²) < 4.78 is 29.3. The Balaban J connectivity index is 1.58. The molecule has 39 heavy (non-hydrogen) atoms. The van der Waals surface area contributed by atoms with Gasteiger partial charge in [-0.25, -0.2) is 9.18 Å². The number of ether oxygens (including phenoxy) is 2. The molecule has 206 valence electrons. The van der Waals surface area contributed by atoms with Crippen LogP contribution in [-0.4, -0.2) is 39.1 Å². The van der Waals surface area contributed by atoms with Gasteiger partial charge in [0, 0.05) is 34.7 Å². The van der Waals surface area contributed by atoms with Crippen LogP contribution in [0.3, 0.4) is 0 Å². The predicted molar refractivity (Wildman–Crippen MR) is 149 cm³/mol. The number of hydrogen-bond acceptors (Lipinski definition) is 4. The van der Waals surface area contributed by atoms with Crippen molar-refractivity contribution in [3.63, 3.8) is 0 Å². The van der Waals surface area contributed by atoms with Crippen LogP contribution >= 0.6 is 11.6 Å². The number of aromatic amines is 1. The summed E-state index contributed by atoms with van der Waals surface area (Å²) >= 11 is 6.28. The monoisotopic (exact) mass is 553 g/mol. The van der Waals surface area contributed by atoms with Crippen molar-refractivity contribution in [1.82, 2.24) is 14.8 Å². The zero-order valence-corrected chi connectivity index (χ0v) is 23.3. The molecule has 1 aliphatic rings. The molecule has 0 fully saturated rings. The molecule has 2 aromatic heterocycles. The Hall–Kier alpha value is -3.36. The predicted octanol–water partition coefficient (Wildman–Crippen LogP) is 7.02. The lowest BCUT2D eigenvalue weighted by molar-refractivity contribution is 0.0683. The van der Waals surface area contributed by atoms with E-state index >= 15 is 4.39 Å². The van der Waals surface area contributed by atoms with Crippen molar-refractivity contribution in [3.8, 4) is 16.9 Å². The van der Waals surface area contributed by atoms with E-state index in [0.29, 0.717) is 79.9 Å². The van der Waals surface area contributed by atoms with Crippen LogP contribution in [0.15, 0.2) is 24.3 Å². The number of carbonyl (C=O) groups is 1. The van der Waals surface area contributed by atoms with Gasteiger partial charge in [0.15, 0.2) is 0 Å². The molecule has 0 saturated carbocycles. The lowest BCUT2D eigenvalue weighted by atomic mass is 9.97. The van der Waals surface area contributed by atoms with Gasteiger partial charge in [0.25, 0.3) is 0 Å². The van der Waals surface area contributed by atoms with Crippen LogP contribution in [0, 0.1) is 19.7 Å². The van der Waals surface area contributed by atoms with Crippen molar-refractivity contribution in [2.75, 3.05) is 13.2 Å². The molecule has 0 bridgehead atoms. The molecular formula is C30H33ClFN3O4. The van der Waals surface area contributed by atoms with Gasteiger partial charge in [0.1, 0.15) is 17.3 Å². The first-order valence-electron chi connectivity index (χ1n) is 13.4. The molecule has 7 nitrogen and oxygen atoms in total. The highest BCUT2D eigenvalue weighted by molar-refractivity contribution is 6.32. The number of rotatable bonds is 7. The summed E-state index contributed by atoms with van der Waals surface area (Å²) in [4.78, 5) is 12.7. The van der Waals surface area contributed by atoms with Crippen molar-refractivity contribution in [2.24, 2.45) is 0 Å². The number of carboxylic acid groups (broad SMARTS) is 1. The normalized spacial score (nSPS) is 13.8. The standard InChI is InChI=1S/C30H33ClFN3O4/c1-4-23-26-24(34-33-23)16-38-12-6-5-11-35-28-21(9-10-22(32)25(26)28)20(29(35)30(36)37)8-7-13-39-19-14-17(2)27(31)18(3)15-19/h9-10,14-15H,4-8,11-13,16H2,1-3H3,(H,33,34)(H,36,37). The second-order valence-corrected chi connectivity index (χ2v) is 10.4. The van der Waals surface area contributed by atoms with E-state index in [4.69, 9.17) is 21.1 Å². The number of nitrogens with zero attached hydrogens (tertiary/aromatic N) is 2. The summed E-state index contributed by atoms with van der Waals surface area (Å²) in [5.74, 6) is -0.694. The van der Waals surface area contributed by atoms with E-state index < -0.39 is 11.8 Å². The van der Waals surface area contributed by atoms with Crippen LogP contribution < -0.4 is 4.74 Å². The van der Waals surface area contributed by atoms with Gasteiger partial charge in [-0.3, -0.25) is 5.10 Å². The van der Waals surface area contributed by atoms with Crippen molar-refractivity contribution >= 4 is 28.5 Å². The number of aryl methyl sites for hydroxylation is 5. The summed E-state index contributed by atoms with van der Waals surface area (Å²) in [6.07, 6.45) is 3.14. The third-order valence-corrected chi connectivity index (χ3v) is 7.99. The fraction of sp³-hybridized carbons (Fsp3) is 0.400. The number of benzene rings is 2. The Morgan fingerprint density at radius 2 is 2.00 bits per heavy atom. The van der Waals surface area contributed by atoms with E-state index in [-0.39, 0.29) is 5.69 Å². The second-order valence-electron chi connectivity index (χ2n) is 10.1. The van der Waals surface area contributed by atoms with Crippen LogP contribution in [-0.2, 0) is 30.7 Å². The quantitative estimate of drug-likeness (QED) is 0.240. The van der Waals surface area contributed by atoms with Crippen LogP contribution in [0.25, 0.3) is 22.0 Å². The largest absolute Gasteiger partial charge is 0.494 e. The molecule has 0 radical (unpaired) electrons. The Labute approximate surface area is 231 Å². The van der Waals surface area contributed by atoms with Gasteiger partial charge in [-0.15, -0.1) is 0 Å². The first-order chi connectivity index (χ1) is 18.8. The van der Waals surface area contributed by atoms with E-state index in [1.165, 1.54) is 6.07 Å². The van der Waals surface area contributed by atoms with E-state index in [2.05, 4.69) is 10.2 Å². The lowest BCUT2D eigenvalue weighted by Gasteiger charge is -2.13. The molecule has 4 aromatic rings. The molecule has 5 rings (SSSR count). The van der Waals surface area contributed by atoms with E-state index in [9.17, 15) is 9.90 Å². The van der Waals surface area contributed by atoms with Gasteiger partial charge in [-0.05, 0) is 86.9 Å². The van der Waals surface area contributed by atoms with Crippen LogP contribution in [0.2, 0.25) is 5.02 Å². The highest BCUT2D eigenvalue weighted by atomic mass is 35.5. The highest BCUT2D eigenvalue weighted by Gasteiger charge is 2.29. The molecule has 1 aliphatic heterocycles. The maximum absolute atomic E-state index is 15.7. The van der Waals surface area contributed by atoms with E-state index in [0.717, 1.165) is 39.4 Å². The van der Waals surface area contributed by atoms with Crippen molar-refractivity contribution < 1.29 is 23.8 Å². The van der Waals surface area contributed by atoms with Crippen molar-refractivity contribution in [1.29, 1.82) is 0 Å². The molecule has 2 N–H and O–H groups in total. The van der Waals surface area contributed by atoms with Gasteiger partial charge >= 0.3 is 5.97 Å². The second kappa shape index (κ2) is 11.4. The van der Waals surface area contributed by atoms with Crippen LogP contribution in [0.5, 0.6) is 5.75 Å². The minimum atomic E-state index is -1.02. The number of hydrogen-bond donors (Lipinski definition) is 2. The average Bonchev–Trinajstić information content (AvgIpc) is 3.44. The molecule has 0 saturated heterocycles. The third kappa shape index (κ3) is 5.15. The molecule has 0 amide bonds. The van der Waals surface area contributed by atoms with Crippen LogP contribution in [0.1, 0.15) is 64.8 Å². The average molecular weight is 554 g/mol. The summed E-state index contributed by atoms with van der Waals surface area (Å²) in [6, 6.07) is 6.95. The fourth-order valence-corrected chi connectivity index (χ4v) is 5.71. The minimum absolute atomic E-state index is 0.207. The topological polar surface area (TPSA) is 89.4 Å². The van der Waals surface area contributed by atoms with Crippen LogP contribution in [0.4, 0.5) is 4.39 Å². The lowest BCUT2D eigenvalue weighted by Crippen LogP contribution is -2.12. The minimum Gasteiger partial charge on any atom is -0.494 e. The van der Waals surface area contributed by atoms with Crippen molar-refractivity contribution in [2.45, 2.75) is 66.0 Å². The number of fused-ring (bicyclic) bond motifs is 2. The smallest absolute Gasteiger partial charge is 0.352 e. The number of aromatic nitrogens is 3. The maximum Gasteiger partial charge on any atom is 0.352 e. The van der Waals surface area contributed by atoms with Gasteiger partial charge in [0.2, 0.25) is 0 Å². The third-order valence-electron chi connectivity index (χ3n) is 7.40. The van der Waals surface area contributed by atoms with Gasteiger partial charge < -0.3 is 19.1 Å². The Morgan fingerprint density at radius 3 is 2.72 bits per heavy atom. The van der Waals surface area contributed by atoms with E-state index in [1.807, 2.05) is 32.9 Å². The number of nitrogens with one attached hydrogen (secondary N) is 1. The van der Waals surface area contributed by atoms with Gasteiger partial charge in [-0.1, -0.05) is 18.5 Å². The summed E-state index contributed by atoms with van der Waals surface area (Å²) in [7, 11) is 0. The first-order valence-corrected chi connectivity index (χ1v) is 13.8. The fourth-order valence-electron chi connectivity index (χ4n) is 5.60. The molecule has 0 spiro atoms. The molecule has 9 heteroatoms. The van der Waals surface area contributed by atoms with E-state index in [1.54, 1.807) is 10.6 Å².